The first-order valence-electron chi connectivity index (χ1n) is 8.68. The molecule has 0 radical (unpaired) electrons. The molecule has 1 N–H and O–H groups in total. The Hall–Kier alpha value is -3.04. The van der Waals surface area contributed by atoms with Gasteiger partial charge in [-0.25, -0.2) is 4.98 Å². The van der Waals surface area contributed by atoms with Gasteiger partial charge in [0.1, 0.15) is 5.01 Å². The summed E-state index contributed by atoms with van der Waals surface area (Å²) in [6.07, 6.45) is 0.293. The number of aromatic nitrogens is 1. The molecule has 5 nitrogen and oxygen atoms in total. The fourth-order valence-electron chi connectivity index (χ4n) is 2.71. The van der Waals surface area contributed by atoms with Crippen molar-refractivity contribution in [3.05, 3.63) is 53.5 Å². The van der Waals surface area contributed by atoms with Crippen LogP contribution in [0.4, 0.5) is 0 Å². The molecule has 0 aliphatic rings. The Balaban J connectivity index is 1.63. The summed E-state index contributed by atoms with van der Waals surface area (Å²) < 4.78 is 1.03. The third-order valence-corrected chi connectivity index (χ3v) is 5.11. The molecule has 0 fully saturated rings. The van der Waals surface area contributed by atoms with Gasteiger partial charge in [-0.05, 0) is 30.2 Å². The second-order valence-electron chi connectivity index (χ2n) is 6.38. The number of hydrogen-bond donors (Lipinski definition) is 1. The van der Waals surface area contributed by atoms with Crippen LogP contribution in [-0.4, -0.2) is 23.2 Å². The average molecular weight is 377 g/mol. The molecule has 0 aliphatic heterocycles. The molecular weight excluding hydrogens is 358 g/mol. The van der Waals surface area contributed by atoms with Crippen LogP contribution in [0.25, 0.3) is 21.3 Å². The lowest BCUT2D eigenvalue weighted by molar-refractivity contribution is -0.125. The molecule has 27 heavy (non-hydrogen) atoms. The van der Waals surface area contributed by atoms with Crippen LogP contribution in [0.2, 0.25) is 0 Å². The van der Waals surface area contributed by atoms with E-state index in [1.807, 2.05) is 36.4 Å². The Kier molecular flexibility index (Phi) is 5.94. The van der Waals surface area contributed by atoms with Gasteiger partial charge in [-0.3, -0.25) is 9.59 Å². The molecule has 0 spiro atoms. The van der Waals surface area contributed by atoms with E-state index in [0.29, 0.717) is 5.01 Å². The maximum atomic E-state index is 12.1. The minimum absolute atomic E-state index is 0.0477. The molecule has 0 saturated carbocycles. The third kappa shape index (κ3) is 4.99. The van der Waals surface area contributed by atoms with E-state index in [1.54, 1.807) is 6.92 Å². The van der Waals surface area contributed by atoms with Crippen LogP contribution < -0.4 is 5.32 Å². The Morgan fingerprint density at radius 2 is 1.96 bits per heavy atom. The smallest absolute Gasteiger partial charge is 0.227 e. The fraction of sp³-hybridized carbons (Fsp3) is 0.238. The lowest BCUT2D eigenvalue weighted by Crippen LogP contribution is -2.31. The highest BCUT2D eigenvalue weighted by atomic mass is 32.1. The Labute approximate surface area is 161 Å². The summed E-state index contributed by atoms with van der Waals surface area (Å²) in [6, 6.07) is 18.2. The van der Waals surface area contributed by atoms with Gasteiger partial charge >= 0.3 is 0 Å². The minimum Gasteiger partial charge on any atom is -0.349 e. The number of amides is 1. The second-order valence-corrected chi connectivity index (χ2v) is 7.50. The molecule has 1 atom stereocenters. The molecule has 2 aromatic carbocycles. The van der Waals surface area contributed by atoms with Gasteiger partial charge in [0.25, 0.3) is 0 Å². The molecule has 0 aliphatic carbocycles. The number of nitrogens with one attached hydrogen (secondary N) is 1. The minimum atomic E-state index is -0.336. The number of nitrogens with zero attached hydrogens (tertiary/aromatic N) is 2. The molecule has 136 valence electrons. The molecule has 3 aromatic rings. The lowest BCUT2D eigenvalue weighted by Gasteiger charge is -2.04. The lowest BCUT2D eigenvalue weighted by atomic mass is 10.1. The topological polar surface area (TPSA) is 82.9 Å². The molecule has 3 rings (SSSR count). The third-order valence-electron chi connectivity index (χ3n) is 4.09. The van der Waals surface area contributed by atoms with Gasteiger partial charge in [-0.15, -0.1) is 11.3 Å². The van der Waals surface area contributed by atoms with E-state index in [9.17, 15) is 9.59 Å². The van der Waals surface area contributed by atoms with Gasteiger partial charge in [-0.1, -0.05) is 36.4 Å². The van der Waals surface area contributed by atoms with E-state index in [0.717, 1.165) is 21.3 Å². The van der Waals surface area contributed by atoms with Crippen LogP contribution >= 0.6 is 11.3 Å². The summed E-state index contributed by atoms with van der Waals surface area (Å²) in [5, 5.41) is 12.0. The standard InChI is InChI=1S/C21H19N3O2S/c1-14(12-22)9-17(25)13-23-20(26)11-21-24-18-8-7-16(10-19(18)27-21)15-5-3-2-4-6-15/h2-8,10,14H,9,11,13H2,1H3,(H,23,26)/t14-/m0/s1. The summed E-state index contributed by atoms with van der Waals surface area (Å²) in [7, 11) is 0. The van der Waals surface area contributed by atoms with Gasteiger partial charge < -0.3 is 5.32 Å². The van der Waals surface area contributed by atoms with Crippen molar-refractivity contribution < 1.29 is 9.59 Å². The van der Waals surface area contributed by atoms with Gasteiger partial charge in [-0.2, -0.15) is 5.26 Å². The number of thiazole rings is 1. The van der Waals surface area contributed by atoms with Gasteiger partial charge in [0.15, 0.2) is 5.78 Å². The number of nitriles is 1. The molecule has 6 heteroatoms. The summed E-state index contributed by atoms with van der Waals surface area (Å²) >= 11 is 1.48. The number of carbonyl (C=O) groups is 2. The number of carbonyl (C=O) groups excluding carboxylic acids is 2. The Bertz CT molecular complexity index is 1010. The molecule has 1 heterocycles. The van der Waals surface area contributed by atoms with Crippen molar-refractivity contribution in [1.29, 1.82) is 5.26 Å². The van der Waals surface area contributed by atoms with Crippen LogP contribution in [0.3, 0.4) is 0 Å². The molecule has 1 aromatic heterocycles. The molecule has 0 unspecified atom stereocenters. The fourth-order valence-corrected chi connectivity index (χ4v) is 3.72. The largest absolute Gasteiger partial charge is 0.349 e. The normalized spacial score (nSPS) is 11.7. The van der Waals surface area contributed by atoms with E-state index in [2.05, 4.69) is 28.5 Å². The van der Waals surface area contributed by atoms with Gasteiger partial charge in [0.2, 0.25) is 5.91 Å². The van der Waals surface area contributed by atoms with Crippen molar-refractivity contribution in [1.82, 2.24) is 10.3 Å². The van der Waals surface area contributed by atoms with E-state index in [1.165, 1.54) is 11.3 Å². The van der Waals surface area contributed by atoms with Crippen molar-refractivity contribution in [2.45, 2.75) is 19.8 Å². The Morgan fingerprint density at radius 1 is 1.19 bits per heavy atom. The number of benzene rings is 2. The summed E-state index contributed by atoms with van der Waals surface area (Å²) in [5.74, 6) is -0.720. The van der Waals surface area contributed by atoms with E-state index in [4.69, 9.17) is 5.26 Å². The first kappa shape index (κ1) is 18.7. The monoisotopic (exact) mass is 377 g/mol. The van der Waals surface area contributed by atoms with Crippen LogP contribution in [0.1, 0.15) is 18.4 Å². The average Bonchev–Trinajstić information content (AvgIpc) is 3.08. The summed E-state index contributed by atoms with van der Waals surface area (Å²) in [6.45, 7) is 1.64. The van der Waals surface area contributed by atoms with Crippen LogP contribution in [0, 0.1) is 17.2 Å². The zero-order chi connectivity index (χ0) is 19.2. The maximum Gasteiger partial charge on any atom is 0.227 e. The SMILES string of the molecule is C[C@H](C#N)CC(=O)CNC(=O)Cc1nc2ccc(-c3ccccc3)cc2s1. The zero-order valence-corrected chi connectivity index (χ0v) is 15.8. The maximum absolute atomic E-state index is 12.1. The van der Waals surface area contributed by atoms with Gasteiger partial charge in [0.05, 0.1) is 35.2 Å². The first-order chi connectivity index (χ1) is 13.0. The highest BCUT2D eigenvalue weighted by Gasteiger charge is 2.13. The molecule has 1 amide bonds. The van der Waals surface area contributed by atoms with Crippen molar-refractivity contribution in [2.24, 2.45) is 5.92 Å². The predicted octanol–water partition coefficient (Wildman–Crippen LogP) is 3.74. The summed E-state index contributed by atoms with van der Waals surface area (Å²) in [5.41, 5.74) is 3.11. The van der Waals surface area contributed by atoms with Crippen molar-refractivity contribution in [3.63, 3.8) is 0 Å². The van der Waals surface area contributed by atoms with Crippen LogP contribution in [0.5, 0.6) is 0 Å². The molecule has 0 bridgehead atoms. The molecular formula is C21H19N3O2S. The second kappa shape index (κ2) is 8.56. The Morgan fingerprint density at radius 3 is 2.70 bits per heavy atom. The number of Topliss-reactive ketones (excluding diaryl/α,β-unsaturated/α-hetero) is 1. The van der Waals surface area contributed by atoms with Crippen molar-refractivity contribution in [2.75, 3.05) is 6.54 Å². The summed E-state index contributed by atoms with van der Waals surface area (Å²) in [4.78, 5) is 28.3. The zero-order valence-electron chi connectivity index (χ0n) is 14.9. The number of ketones is 1. The number of rotatable bonds is 7. The van der Waals surface area contributed by atoms with Crippen LogP contribution in [-0.2, 0) is 16.0 Å². The number of hydrogen-bond acceptors (Lipinski definition) is 5. The molecule has 0 saturated heterocycles. The quantitative estimate of drug-likeness (QED) is 0.680. The van der Waals surface area contributed by atoms with E-state index >= 15 is 0 Å². The first-order valence-corrected chi connectivity index (χ1v) is 9.49. The van der Waals surface area contributed by atoms with E-state index in [-0.39, 0.29) is 37.0 Å². The van der Waals surface area contributed by atoms with Crippen molar-refractivity contribution >= 4 is 33.2 Å². The predicted molar refractivity (Wildman–Crippen MR) is 106 cm³/mol. The van der Waals surface area contributed by atoms with Crippen LogP contribution in [0.15, 0.2) is 48.5 Å². The van der Waals surface area contributed by atoms with E-state index < -0.39 is 0 Å². The highest BCUT2D eigenvalue weighted by Crippen LogP contribution is 2.28. The number of fused-ring (bicyclic) bond motifs is 1. The highest BCUT2D eigenvalue weighted by molar-refractivity contribution is 7.18. The van der Waals surface area contributed by atoms with Crippen molar-refractivity contribution in [3.8, 4) is 17.2 Å². The van der Waals surface area contributed by atoms with Gasteiger partial charge in [0, 0.05) is 6.42 Å².